The van der Waals surface area contributed by atoms with Crippen LogP contribution in [0.1, 0.15) is 44.3 Å². The van der Waals surface area contributed by atoms with Crippen molar-refractivity contribution in [2.45, 2.75) is 44.6 Å². The lowest BCUT2D eigenvalue weighted by atomic mass is 9.93. The molecule has 1 aromatic rings. The van der Waals surface area contributed by atoms with Crippen LogP contribution in [-0.2, 0) is 4.79 Å². The fourth-order valence-corrected chi connectivity index (χ4v) is 2.80. The summed E-state index contributed by atoms with van der Waals surface area (Å²) in [6.45, 7) is 2.77. The summed E-state index contributed by atoms with van der Waals surface area (Å²) in [7, 11) is 0. The van der Waals surface area contributed by atoms with E-state index in [1.54, 1.807) is 6.07 Å². The van der Waals surface area contributed by atoms with Crippen LogP contribution in [0.3, 0.4) is 0 Å². The number of carbonyl (C=O) groups is 1. The minimum absolute atomic E-state index is 0.105. The Morgan fingerprint density at radius 2 is 2.05 bits per heavy atom. The van der Waals surface area contributed by atoms with E-state index < -0.39 is 0 Å². The second kappa shape index (κ2) is 4.92. The van der Waals surface area contributed by atoms with E-state index in [0.29, 0.717) is 24.3 Å². The molecule has 1 saturated carbocycles. The molecular weight excluding hydrogens is 254 g/mol. The van der Waals surface area contributed by atoms with E-state index in [-0.39, 0.29) is 11.8 Å². The van der Waals surface area contributed by atoms with Crippen LogP contribution in [0.4, 0.5) is 11.6 Å². The molecule has 6 heteroatoms. The number of anilines is 2. The molecule has 3 rings (SSSR count). The van der Waals surface area contributed by atoms with Gasteiger partial charge in [0, 0.05) is 24.6 Å². The van der Waals surface area contributed by atoms with Crippen molar-refractivity contribution in [2.75, 3.05) is 17.2 Å². The summed E-state index contributed by atoms with van der Waals surface area (Å²) in [5.74, 6) is 2.30. The number of nitrogen functional groups attached to an aromatic ring is 1. The average Bonchev–Trinajstić information content (AvgIpc) is 3.22. The normalized spacial score (nSPS) is 26.6. The number of carbonyl (C=O) groups excluding carboxylic acids is 1. The van der Waals surface area contributed by atoms with Gasteiger partial charge < -0.3 is 16.4 Å². The van der Waals surface area contributed by atoms with Crippen LogP contribution in [0.5, 0.6) is 0 Å². The fraction of sp³-hybridized carbons (Fsp3) is 0.643. The molecule has 4 N–H and O–H groups in total. The minimum atomic E-state index is -0.230. The molecule has 1 aromatic heterocycles. The van der Waals surface area contributed by atoms with Gasteiger partial charge >= 0.3 is 0 Å². The van der Waals surface area contributed by atoms with Gasteiger partial charge in [-0.3, -0.25) is 4.79 Å². The van der Waals surface area contributed by atoms with Gasteiger partial charge in [0.2, 0.25) is 5.91 Å². The third-order valence-corrected chi connectivity index (χ3v) is 4.27. The third-order valence-electron chi connectivity index (χ3n) is 4.27. The quantitative estimate of drug-likeness (QED) is 0.858. The molecule has 2 atom stereocenters. The van der Waals surface area contributed by atoms with E-state index in [1.165, 1.54) is 0 Å². The molecule has 0 spiro atoms. The second-order valence-corrected chi connectivity index (χ2v) is 5.96. The number of piperidine rings is 1. The Bertz CT molecular complexity index is 528. The minimum Gasteiger partial charge on any atom is -0.384 e. The van der Waals surface area contributed by atoms with E-state index in [9.17, 15) is 4.79 Å². The van der Waals surface area contributed by atoms with E-state index in [2.05, 4.69) is 21.8 Å². The highest BCUT2D eigenvalue weighted by Crippen LogP contribution is 2.39. The number of hydrogen-bond acceptors (Lipinski definition) is 5. The van der Waals surface area contributed by atoms with Gasteiger partial charge in [0.1, 0.15) is 17.5 Å². The van der Waals surface area contributed by atoms with Crippen molar-refractivity contribution in [3.8, 4) is 0 Å². The van der Waals surface area contributed by atoms with Crippen LogP contribution < -0.4 is 16.4 Å². The summed E-state index contributed by atoms with van der Waals surface area (Å²) in [5.41, 5.74) is 11.4. The van der Waals surface area contributed by atoms with Crippen molar-refractivity contribution in [2.24, 2.45) is 11.7 Å². The molecule has 1 aliphatic heterocycles. The van der Waals surface area contributed by atoms with Gasteiger partial charge in [-0.25, -0.2) is 9.97 Å². The topological polar surface area (TPSA) is 98.1 Å². The third kappa shape index (κ3) is 2.55. The Hall–Kier alpha value is -1.85. The number of primary amides is 1. The van der Waals surface area contributed by atoms with E-state index >= 15 is 0 Å². The maximum Gasteiger partial charge on any atom is 0.222 e. The molecule has 108 valence electrons. The summed E-state index contributed by atoms with van der Waals surface area (Å²) in [4.78, 5) is 22.5. The predicted octanol–water partition coefficient (Wildman–Crippen LogP) is 1.03. The predicted molar refractivity (Wildman–Crippen MR) is 77.1 cm³/mol. The molecule has 1 aliphatic carbocycles. The van der Waals surface area contributed by atoms with Crippen LogP contribution in [0.15, 0.2) is 6.07 Å². The smallest absolute Gasteiger partial charge is 0.222 e. The molecular formula is C14H21N5O. The van der Waals surface area contributed by atoms with Crippen molar-refractivity contribution < 1.29 is 4.79 Å². The molecule has 20 heavy (non-hydrogen) atoms. The molecule has 2 fully saturated rings. The van der Waals surface area contributed by atoms with Gasteiger partial charge in [0.15, 0.2) is 0 Å². The van der Waals surface area contributed by atoms with Gasteiger partial charge in [-0.1, -0.05) is 0 Å². The second-order valence-electron chi connectivity index (χ2n) is 5.96. The number of rotatable bonds is 3. The SMILES string of the molecule is CC1CCC(C(N)=O)CN1c1cc(N)nc(C2CC2)n1. The van der Waals surface area contributed by atoms with Gasteiger partial charge in [-0.2, -0.15) is 0 Å². The van der Waals surface area contributed by atoms with Crippen molar-refractivity contribution in [1.29, 1.82) is 0 Å². The first kappa shape index (κ1) is 13.1. The Morgan fingerprint density at radius 1 is 1.30 bits per heavy atom. The van der Waals surface area contributed by atoms with E-state index in [4.69, 9.17) is 11.5 Å². The molecule has 2 heterocycles. The average molecular weight is 275 g/mol. The summed E-state index contributed by atoms with van der Waals surface area (Å²) in [6, 6.07) is 2.14. The Morgan fingerprint density at radius 3 is 2.70 bits per heavy atom. The molecule has 2 aliphatic rings. The zero-order valence-corrected chi connectivity index (χ0v) is 11.7. The number of aromatic nitrogens is 2. The van der Waals surface area contributed by atoms with Gasteiger partial charge in [-0.15, -0.1) is 0 Å². The number of nitrogens with two attached hydrogens (primary N) is 2. The molecule has 0 bridgehead atoms. The Kier molecular flexibility index (Phi) is 3.23. The van der Waals surface area contributed by atoms with Gasteiger partial charge in [-0.05, 0) is 32.6 Å². The van der Waals surface area contributed by atoms with E-state index in [0.717, 1.165) is 37.3 Å². The van der Waals surface area contributed by atoms with Crippen LogP contribution in [0.2, 0.25) is 0 Å². The first-order chi connectivity index (χ1) is 9.54. The van der Waals surface area contributed by atoms with Gasteiger partial charge in [0.25, 0.3) is 0 Å². The largest absolute Gasteiger partial charge is 0.384 e. The zero-order chi connectivity index (χ0) is 14.3. The van der Waals surface area contributed by atoms with Crippen molar-refractivity contribution in [3.05, 3.63) is 11.9 Å². The zero-order valence-electron chi connectivity index (χ0n) is 11.7. The maximum absolute atomic E-state index is 11.4. The van der Waals surface area contributed by atoms with Crippen LogP contribution in [0.25, 0.3) is 0 Å². The highest BCUT2D eigenvalue weighted by Gasteiger charge is 2.32. The number of nitrogens with zero attached hydrogens (tertiary/aromatic N) is 3. The van der Waals surface area contributed by atoms with Crippen molar-refractivity contribution in [1.82, 2.24) is 9.97 Å². The molecule has 6 nitrogen and oxygen atoms in total. The maximum atomic E-state index is 11.4. The van der Waals surface area contributed by atoms with Gasteiger partial charge in [0.05, 0.1) is 5.92 Å². The Labute approximate surface area is 118 Å². The van der Waals surface area contributed by atoms with Crippen molar-refractivity contribution in [3.63, 3.8) is 0 Å². The summed E-state index contributed by atoms with van der Waals surface area (Å²) >= 11 is 0. The molecule has 2 unspecified atom stereocenters. The number of amides is 1. The lowest BCUT2D eigenvalue weighted by Gasteiger charge is -2.37. The fourth-order valence-electron chi connectivity index (χ4n) is 2.80. The van der Waals surface area contributed by atoms with Crippen molar-refractivity contribution >= 4 is 17.5 Å². The molecule has 0 aromatic carbocycles. The van der Waals surface area contributed by atoms with E-state index in [1.807, 2.05) is 0 Å². The summed E-state index contributed by atoms with van der Waals surface area (Å²) < 4.78 is 0. The number of hydrogen-bond donors (Lipinski definition) is 2. The molecule has 1 saturated heterocycles. The van der Waals surface area contributed by atoms with Crippen LogP contribution in [-0.4, -0.2) is 28.5 Å². The van der Waals surface area contributed by atoms with Crippen LogP contribution >= 0.6 is 0 Å². The molecule has 1 amide bonds. The standard InChI is InChI=1S/C14H21N5O/c1-8-2-3-10(13(16)20)7-19(8)12-6-11(15)17-14(18-12)9-4-5-9/h6,8-10H,2-5,7H2,1H3,(H2,16,20)(H2,15,17,18). The monoisotopic (exact) mass is 275 g/mol. The summed E-state index contributed by atoms with van der Waals surface area (Å²) in [6.07, 6.45) is 4.07. The van der Waals surface area contributed by atoms with Crippen LogP contribution in [0, 0.1) is 5.92 Å². The lowest BCUT2D eigenvalue weighted by Crippen LogP contribution is -2.46. The molecule has 0 radical (unpaired) electrons. The highest BCUT2D eigenvalue weighted by molar-refractivity contribution is 5.77. The lowest BCUT2D eigenvalue weighted by molar-refractivity contribution is -0.122. The first-order valence-electron chi connectivity index (χ1n) is 7.25. The summed E-state index contributed by atoms with van der Waals surface area (Å²) in [5, 5.41) is 0. The Balaban J connectivity index is 1.87. The first-order valence-corrected chi connectivity index (χ1v) is 7.25. The highest BCUT2D eigenvalue weighted by atomic mass is 16.1.